The maximum Gasteiger partial charge on any atom is 0.123 e. The van der Waals surface area contributed by atoms with E-state index in [1.807, 2.05) is 0 Å². The third kappa shape index (κ3) is 2.78. The van der Waals surface area contributed by atoms with Gasteiger partial charge in [-0.3, -0.25) is 4.84 Å². The van der Waals surface area contributed by atoms with Crippen molar-refractivity contribution < 1.29 is 9.57 Å². The summed E-state index contributed by atoms with van der Waals surface area (Å²) in [4.78, 5) is 6.18. The second kappa shape index (κ2) is 5.78. The van der Waals surface area contributed by atoms with Crippen LogP contribution in [0.3, 0.4) is 0 Å². The number of benzene rings is 1. The Morgan fingerprint density at radius 1 is 1.22 bits per heavy atom. The van der Waals surface area contributed by atoms with E-state index in [0.29, 0.717) is 24.5 Å². The smallest absolute Gasteiger partial charge is 0.123 e. The molecule has 1 aromatic carbocycles. The lowest BCUT2D eigenvalue weighted by Gasteiger charge is -2.46. The van der Waals surface area contributed by atoms with Crippen molar-refractivity contribution in [2.45, 2.75) is 64.5 Å². The summed E-state index contributed by atoms with van der Waals surface area (Å²) in [6.07, 6.45) is 2.31. The van der Waals surface area contributed by atoms with Gasteiger partial charge in [-0.25, -0.2) is 0 Å². The van der Waals surface area contributed by atoms with Crippen molar-refractivity contribution in [1.82, 2.24) is 5.06 Å². The lowest BCUT2D eigenvalue weighted by Crippen LogP contribution is -2.48. The van der Waals surface area contributed by atoms with Crippen LogP contribution in [0, 0.1) is 11.8 Å². The maximum absolute atomic E-state index is 6.18. The molecule has 3 rings (SSSR count). The molecule has 1 saturated carbocycles. The zero-order valence-electron chi connectivity index (χ0n) is 15.4. The molecule has 2 fully saturated rings. The van der Waals surface area contributed by atoms with E-state index in [9.17, 15) is 0 Å². The molecule has 23 heavy (non-hydrogen) atoms. The van der Waals surface area contributed by atoms with Gasteiger partial charge in [-0.2, -0.15) is 5.06 Å². The van der Waals surface area contributed by atoms with Gasteiger partial charge in [0.15, 0.2) is 0 Å². The summed E-state index contributed by atoms with van der Waals surface area (Å²) < 4.78 is 5.93. The first kappa shape index (κ1) is 16.8. The first-order valence-corrected chi connectivity index (χ1v) is 8.93. The number of hydrogen-bond acceptors (Lipinski definition) is 3. The third-order valence-corrected chi connectivity index (χ3v) is 5.97. The fourth-order valence-electron chi connectivity index (χ4n) is 5.15. The highest BCUT2D eigenvalue weighted by Gasteiger charge is 2.55. The van der Waals surface area contributed by atoms with Gasteiger partial charge in [-0.15, -0.1) is 0 Å². The van der Waals surface area contributed by atoms with Gasteiger partial charge >= 0.3 is 0 Å². The van der Waals surface area contributed by atoms with Crippen molar-refractivity contribution in [2.24, 2.45) is 11.8 Å². The van der Waals surface area contributed by atoms with Gasteiger partial charge in [-0.1, -0.05) is 32.0 Å². The van der Waals surface area contributed by atoms with E-state index >= 15 is 0 Å². The van der Waals surface area contributed by atoms with Crippen molar-refractivity contribution >= 4 is 0 Å². The number of para-hydroxylation sites is 1. The zero-order valence-corrected chi connectivity index (χ0v) is 15.4. The molecule has 0 N–H and O–H groups in total. The lowest BCUT2D eigenvalue weighted by molar-refractivity contribution is -0.182. The van der Waals surface area contributed by atoms with Crippen LogP contribution in [0.4, 0.5) is 0 Å². The predicted octanol–water partition coefficient (Wildman–Crippen LogP) is 4.41. The topological polar surface area (TPSA) is 21.7 Å². The number of ether oxygens (including phenoxy) is 1. The molecule has 4 atom stereocenters. The Kier molecular flexibility index (Phi) is 4.22. The molecule has 0 radical (unpaired) electrons. The highest BCUT2D eigenvalue weighted by Crippen LogP contribution is 2.54. The average molecular weight is 317 g/mol. The minimum Gasteiger partial charge on any atom is -0.494 e. The predicted molar refractivity (Wildman–Crippen MR) is 93.6 cm³/mol. The maximum atomic E-state index is 6.18. The van der Waals surface area contributed by atoms with Gasteiger partial charge in [0.1, 0.15) is 5.75 Å². The summed E-state index contributed by atoms with van der Waals surface area (Å²) >= 11 is 0. The zero-order chi connectivity index (χ0) is 16.8. The van der Waals surface area contributed by atoms with E-state index in [1.54, 1.807) is 0 Å². The average Bonchev–Trinajstić information content (AvgIpc) is 2.69. The van der Waals surface area contributed by atoms with Crippen LogP contribution < -0.4 is 4.74 Å². The van der Waals surface area contributed by atoms with Crippen LogP contribution in [0.5, 0.6) is 5.75 Å². The van der Waals surface area contributed by atoms with Crippen LogP contribution in [0.2, 0.25) is 0 Å². The van der Waals surface area contributed by atoms with Crippen LogP contribution in [-0.2, 0) is 10.3 Å². The normalized spacial score (nSPS) is 36.7. The molecule has 3 heteroatoms. The molecule has 1 heterocycles. The van der Waals surface area contributed by atoms with Gasteiger partial charge in [0.2, 0.25) is 0 Å². The Morgan fingerprint density at radius 3 is 2.61 bits per heavy atom. The number of nitrogens with zero attached hydrogens (tertiary/aromatic N) is 1. The van der Waals surface area contributed by atoms with Gasteiger partial charge in [-0.05, 0) is 51.0 Å². The third-order valence-electron chi connectivity index (χ3n) is 5.97. The molecule has 128 valence electrons. The molecule has 4 unspecified atom stereocenters. The number of rotatable bonds is 3. The van der Waals surface area contributed by atoms with Gasteiger partial charge in [0.25, 0.3) is 0 Å². The Labute approximate surface area is 140 Å². The molecule has 1 aliphatic carbocycles. The number of hydroxylamine groups is 2. The second-order valence-electron chi connectivity index (χ2n) is 8.21. The fraction of sp³-hybridized carbons (Fsp3) is 0.700. The molecule has 1 saturated heterocycles. The Balaban J connectivity index is 1.98. The van der Waals surface area contributed by atoms with Gasteiger partial charge < -0.3 is 4.74 Å². The van der Waals surface area contributed by atoms with Crippen LogP contribution in [0.25, 0.3) is 0 Å². The monoisotopic (exact) mass is 317 g/mol. The van der Waals surface area contributed by atoms with Gasteiger partial charge in [0, 0.05) is 24.6 Å². The number of fused-ring (bicyclic) bond motifs is 1. The van der Waals surface area contributed by atoms with Crippen LogP contribution in [0.15, 0.2) is 24.3 Å². The molecule has 0 spiro atoms. The molecule has 1 aliphatic heterocycles. The standard InChI is InChI=1S/C20H31NO2/c1-7-22-17-11-9-8-10-15(17)20(5)12-14(2)18-16(13-20)19(3,4)23-21(18)6/h8-11,14,16,18H,7,12-13H2,1-6H3. The Morgan fingerprint density at radius 2 is 1.91 bits per heavy atom. The molecule has 3 nitrogen and oxygen atoms in total. The second-order valence-corrected chi connectivity index (χ2v) is 8.21. The summed E-state index contributed by atoms with van der Waals surface area (Å²) in [6.45, 7) is 12.0. The van der Waals surface area contributed by atoms with Crippen molar-refractivity contribution in [1.29, 1.82) is 0 Å². The van der Waals surface area contributed by atoms with Crippen LogP contribution in [-0.4, -0.2) is 30.4 Å². The van der Waals surface area contributed by atoms with Crippen molar-refractivity contribution in [3.05, 3.63) is 29.8 Å². The Bertz CT molecular complexity index is 571. The summed E-state index contributed by atoms with van der Waals surface area (Å²) in [5.41, 5.74) is 1.39. The first-order chi connectivity index (χ1) is 10.8. The summed E-state index contributed by atoms with van der Waals surface area (Å²) in [5, 5.41) is 2.11. The highest BCUT2D eigenvalue weighted by molar-refractivity contribution is 5.40. The van der Waals surface area contributed by atoms with E-state index in [1.165, 1.54) is 12.0 Å². The Hall–Kier alpha value is -1.06. The van der Waals surface area contributed by atoms with Crippen LogP contribution in [0.1, 0.15) is 53.0 Å². The van der Waals surface area contributed by atoms with Gasteiger partial charge in [0.05, 0.1) is 12.2 Å². The van der Waals surface area contributed by atoms with E-state index in [4.69, 9.17) is 9.57 Å². The number of hydrogen-bond donors (Lipinski definition) is 0. The van der Waals surface area contributed by atoms with E-state index < -0.39 is 0 Å². The van der Waals surface area contributed by atoms with E-state index in [0.717, 1.165) is 12.2 Å². The summed E-state index contributed by atoms with van der Waals surface area (Å²) in [6, 6.07) is 9.09. The molecule has 2 aliphatic rings. The molecule has 1 aromatic rings. The minimum atomic E-state index is -0.101. The molecular formula is C20H31NO2. The molecule has 0 amide bonds. The molecule has 0 aromatic heterocycles. The highest BCUT2D eigenvalue weighted by atomic mass is 16.7. The summed E-state index contributed by atoms with van der Waals surface area (Å²) in [7, 11) is 2.10. The quantitative estimate of drug-likeness (QED) is 0.824. The van der Waals surface area contributed by atoms with Crippen molar-refractivity contribution in [2.75, 3.05) is 13.7 Å². The molecule has 0 bridgehead atoms. The summed E-state index contributed by atoms with van der Waals surface area (Å²) in [5.74, 6) is 2.18. The van der Waals surface area contributed by atoms with Crippen LogP contribution >= 0.6 is 0 Å². The largest absolute Gasteiger partial charge is 0.494 e. The fourth-order valence-corrected chi connectivity index (χ4v) is 5.15. The van der Waals surface area contributed by atoms with Crippen molar-refractivity contribution in [3.63, 3.8) is 0 Å². The lowest BCUT2D eigenvalue weighted by atomic mass is 9.59. The van der Waals surface area contributed by atoms with E-state index in [2.05, 4.69) is 71.0 Å². The first-order valence-electron chi connectivity index (χ1n) is 8.93. The van der Waals surface area contributed by atoms with E-state index in [-0.39, 0.29) is 11.0 Å². The molecular weight excluding hydrogens is 286 g/mol. The van der Waals surface area contributed by atoms with Crippen molar-refractivity contribution in [3.8, 4) is 5.75 Å². The minimum absolute atomic E-state index is 0.101. The SMILES string of the molecule is CCOc1ccccc1C1(C)CC(C)C2C(C1)C(C)(C)ON2C.